The lowest BCUT2D eigenvalue weighted by Crippen LogP contribution is -2.48. The van der Waals surface area contributed by atoms with E-state index < -0.39 is 57.8 Å². The van der Waals surface area contributed by atoms with E-state index in [1.54, 1.807) is 5.32 Å². The molecule has 0 bridgehead atoms. The largest absolute Gasteiger partial charge is 0.413 e. The molecule has 1 aliphatic rings. The molecule has 2 aromatic heterocycles. The summed E-state index contributed by atoms with van der Waals surface area (Å²) in [5.41, 5.74) is -1.58. The number of aromatic nitrogens is 2. The van der Waals surface area contributed by atoms with Gasteiger partial charge in [-0.1, -0.05) is 23.2 Å². The summed E-state index contributed by atoms with van der Waals surface area (Å²) in [5, 5.41) is 1.01. The molecule has 6 nitrogen and oxygen atoms in total. The first-order chi connectivity index (χ1) is 15.5. The number of carbonyl (C=O) groups is 1. The number of rotatable bonds is 4. The summed E-state index contributed by atoms with van der Waals surface area (Å²) in [7, 11) is 0. The molecule has 4 rings (SSSR count). The molecule has 1 N–H and O–H groups in total. The third-order valence-corrected chi connectivity index (χ3v) is 5.43. The van der Waals surface area contributed by atoms with Gasteiger partial charge in [-0.2, -0.15) is 13.2 Å². The highest BCUT2D eigenvalue weighted by atomic mass is 35.5. The van der Waals surface area contributed by atoms with Crippen LogP contribution in [0.3, 0.4) is 0 Å². The number of nitrogens with zero attached hydrogens (tertiary/aromatic N) is 2. The molecule has 1 fully saturated rings. The smallest absolute Gasteiger partial charge is 0.405 e. The molecular formula is C20H12Cl2F5N3O3. The first kappa shape index (κ1) is 23.2. The Labute approximate surface area is 191 Å². The zero-order chi connectivity index (χ0) is 24.1. The number of nitrogens with one attached hydrogen (secondary N) is 1. The highest BCUT2D eigenvalue weighted by molar-refractivity contribution is 6.32. The van der Waals surface area contributed by atoms with Crippen molar-refractivity contribution in [2.24, 2.45) is 5.92 Å². The molecule has 2 heterocycles. The second-order valence-electron chi connectivity index (χ2n) is 7.31. The predicted molar refractivity (Wildman–Crippen MR) is 109 cm³/mol. The zero-order valence-electron chi connectivity index (χ0n) is 16.2. The van der Waals surface area contributed by atoms with Crippen LogP contribution >= 0.6 is 23.2 Å². The standard InChI is InChI=1S/C20H12Cl2F5N3O3/c21-11-5-9(23)6-12(24)15(11)30-7-13(16(31)10-3-4-14(22)28-18(10)30)33-19(32)29-17(8-1-2-8)20(25,26)27/h3-8,17H,1-2H2,(H,29,32)/t17-/m1/s1. The molecule has 0 unspecified atom stereocenters. The molecular weight excluding hydrogens is 496 g/mol. The average molecular weight is 508 g/mol. The fourth-order valence-corrected chi connectivity index (χ4v) is 3.75. The normalized spacial score (nSPS) is 14.9. The average Bonchev–Trinajstić information content (AvgIpc) is 3.52. The lowest BCUT2D eigenvalue weighted by Gasteiger charge is -2.21. The van der Waals surface area contributed by atoms with Gasteiger partial charge in [0, 0.05) is 6.07 Å². The Kier molecular flexibility index (Phi) is 5.95. The minimum absolute atomic E-state index is 0.0850. The lowest BCUT2D eigenvalue weighted by atomic mass is 10.2. The van der Waals surface area contributed by atoms with Crippen LogP contribution in [0.2, 0.25) is 10.2 Å². The molecule has 33 heavy (non-hydrogen) atoms. The molecule has 0 saturated heterocycles. The number of fused-ring (bicyclic) bond motifs is 1. The molecule has 1 aromatic carbocycles. The Morgan fingerprint density at radius 1 is 1.21 bits per heavy atom. The van der Waals surface area contributed by atoms with Gasteiger partial charge < -0.3 is 10.1 Å². The molecule has 1 amide bonds. The first-order valence-electron chi connectivity index (χ1n) is 9.37. The number of halogens is 7. The Morgan fingerprint density at radius 3 is 2.52 bits per heavy atom. The van der Waals surface area contributed by atoms with E-state index in [-0.39, 0.29) is 29.0 Å². The van der Waals surface area contributed by atoms with Gasteiger partial charge in [0.25, 0.3) is 0 Å². The quantitative estimate of drug-likeness (QED) is 0.379. The van der Waals surface area contributed by atoms with E-state index in [1.807, 2.05) is 0 Å². The maximum Gasteiger partial charge on any atom is 0.413 e. The fourth-order valence-electron chi connectivity index (χ4n) is 3.32. The van der Waals surface area contributed by atoms with Crippen LogP contribution in [0.15, 0.2) is 35.3 Å². The number of alkyl halides is 3. The van der Waals surface area contributed by atoms with Crippen LogP contribution in [-0.2, 0) is 0 Å². The van der Waals surface area contributed by atoms with Gasteiger partial charge in [0.15, 0.2) is 17.2 Å². The Morgan fingerprint density at radius 2 is 1.91 bits per heavy atom. The highest BCUT2D eigenvalue weighted by Crippen LogP contribution is 2.40. The minimum atomic E-state index is -4.71. The van der Waals surface area contributed by atoms with Crippen LogP contribution in [0, 0.1) is 17.6 Å². The van der Waals surface area contributed by atoms with Gasteiger partial charge >= 0.3 is 12.3 Å². The van der Waals surface area contributed by atoms with Gasteiger partial charge in [0.1, 0.15) is 22.7 Å². The van der Waals surface area contributed by atoms with Crippen LogP contribution in [0.4, 0.5) is 26.7 Å². The lowest BCUT2D eigenvalue weighted by molar-refractivity contribution is -0.158. The van der Waals surface area contributed by atoms with E-state index in [0.717, 1.165) is 16.8 Å². The maximum absolute atomic E-state index is 14.6. The van der Waals surface area contributed by atoms with Crippen molar-refractivity contribution in [3.8, 4) is 11.4 Å². The SMILES string of the molecule is O=C(N[C@H](C1CC1)C(F)(F)F)Oc1cn(-c2c(F)cc(F)cc2Cl)c2nc(Cl)ccc2c1=O. The minimum Gasteiger partial charge on any atom is -0.405 e. The van der Waals surface area contributed by atoms with Crippen molar-refractivity contribution in [2.75, 3.05) is 0 Å². The van der Waals surface area contributed by atoms with Crippen LogP contribution < -0.4 is 15.5 Å². The van der Waals surface area contributed by atoms with Gasteiger partial charge in [0.05, 0.1) is 16.6 Å². The Hall–Kier alpha value is -2.92. The number of benzene rings is 1. The number of hydrogen-bond donors (Lipinski definition) is 1. The molecule has 0 radical (unpaired) electrons. The van der Waals surface area contributed by atoms with Crippen LogP contribution in [-0.4, -0.2) is 27.9 Å². The highest BCUT2D eigenvalue weighted by Gasteiger charge is 2.50. The molecule has 0 aliphatic heterocycles. The van der Waals surface area contributed by atoms with Crippen molar-refractivity contribution in [1.29, 1.82) is 0 Å². The predicted octanol–water partition coefficient (Wildman–Crippen LogP) is 5.40. The van der Waals surface area contributed by atoms with Crippen molar-refractivity contribution in [3.63, 3.8) is 0 Å². The van der Waals surface area contributed by atoms with Gasteiger partial charge in [0.2, 0.25) is 5.43 Å². The van der Waals surface area contributed by atoms with E-state index in [1.165, 1.54) is 12.1 Å². The number of hydrogen-bond acceptors (Lipinski definition) is 4. The molecule has 0 spiro atoms. The van der Waals surface area contributed by atoms with Crippen molar-refractivity contribution in [1.82, 2.24) is 14.9 Å². The van der Waals surface area contributed by atoms with E-state index in [2.05, 4.69) is 4.98 Å². The van der Waals surface area contributed by atoms with Gasteiger partial charge in [-0.25, -0.2) is 18.6 Å². The van der Waals surface area contributed by atoms with Gasteiger partial charge in [-0.3, -0.25) is 9.36 Å². The number of amides is 1. The van der Waals surface area contributed by atoms with Crippen molar-refractivity contribution in [2.45, 2.75) is 25.1 Å². The summed E-state index contributed by atoms with van der Waals surface area (Å²) in [6.45, 7) is 0. The summed E-state index contributed by atoms with van der Waals surface area (Å²) in [4.78, 5) is 29.0. The summed E-state index contributed by atoms with van der Waals surface area (Å²) in [6, 6.07) is 1.61. The maximum atomic E-state index is 14.6. The van der Waals surface area contributed by atoms with E-state index >= 15 is 0 Å². The van der Waals surface area contributed by atoms with E-state index in [0.29, 0.717) is 6.07 Å². The Balaban J connectivity index is 1.80. The molecule has 1 saturated carbocycles. The van der Waals surface area contributed by atoms with Crippen molar-refractivity contribution >= 4 is 40.3 Å². The molecule has 174 valence electrons. The molecule has 1 atom stereocenters. The van der Waals surface area contributed by atoms with Crippen molar-refractivity contribution < 1.29 is 31.5 Å². The monoisotopic (exact) mass is 507 g/mol. The van der Waals surface area contributed by atoms with Crippen LogP contribution in [0.5, 0.6) is 5.75 Å². The first-order valence-corrected chi connectivity index (χ1v) is 10.1. The fraction of sp³-hybridized carbons (Fsp3) is 0.250. The summed E-state index contributed by atoms with van der Waals surface area (Å²) >= 11 is 11.9. The zero-order valence-corrected chi connectivity index (χ0v) is 17.7. The van der Waals surface area contributed by atoms with E-state index in [9.17, 15) is 31.5 Å². The third-order valence-electron chi connectivity index (χ3n) is 4.93. The van der Waals surface area contributed by atoms with Gasteiger partial charge in [-0.15, -0.1) is 0 Å². The summed E-state index contributed by atoms with van der Waals surface area (Å²) < 4.78 is 73.5. The molecule has 3 aromatic rings. The number of ether oxygens (including phenoxy) is 1. The topological polar surface area (TPSA) is 73.2 Å². The van der Waals surface area contributed by atoms with Crippen molar-refractivity contribution in [3.05, 3.63) is 62.5 Å². The van der Waals surface area contributed by atoms with E-state index in [4.69, 9.17) is 27.9 Å². The number of pyridine rings is 2. The summed E-state index contributed by atoms with van der Waals surface area (Å²) in [6.07, 6.45) is -4.87. The Bertz CT molecular complexity index is 1300. The molecule has 1 aliphatic carbocycles. The van der Waals surface area contributed by atoms with Gasteiger partial charge in [-0.05, 0) is 37.0 Å². The number of carbonyl (C=O) groups excluding carboxylic acids is 1. The summed E-state index contributed by atoms with van der Waals surface area (Å²) in [5.74, 6) is -3.65. The third kappa shape index (κ3) is 4.74. The molecule has 13 heteroatoms. The second kappa shape index (κ2) is 8.45. The van der Waals surface area contributed by atoms with Crippen LogP contribution in [0.1, 0.15) is 12.8 Å². The van der Waals surface area contributed by atoms with Crippen LogP contribution in [0.25, 0.3) is 16.7 Å². The second-order valence-corrected chi connectivity index (χ2v) is 8.10.